The van der Waals surface area contributed by atoms with Crippen LogP contribution in [0, 0.1) is 0 Å². The van der Waals surface area contributed by atoms with Gasteiger partial charge in [0.2, 0.25) is 0 Å². The van der Waals surface area contributed by atoms with E-state index in [2.05, 4.69) is 9.97 Å². The molecule has 4 nitrogen and oxygen atoms in total. The molecule has 1 N–H and O–H groups in total. The molecule has 0 radical (unpaired) electrons. The minimum absolute atomic E-state index is 0.604. The monoisotopic (exact) mass is 223 g/mol. The quantitative estimate of drug-likeness (QED) is 0.803. The van der Waals surface area contributed by atoms with Gasteiger partial charge < -0.3 is 9.51 Å². The minimum Gasteiger partial charge on any atom is -0.390 e. The second-order valence-electron chi connectivity index (χ2n) is 3.99. The highest BCUT2D eigenvalue weighted by Gasteiger charge is 2.14. The van der Waals surface area contributed by atoms with Gasteiger partial charge in [-0.25, -0.2) is 9.97 Å². The fraction of sp³-hybridized carbons (Fsp3) is 0.400. The Hall–Kier alpha value is -1.07. The molecule has 0 aliphatic carbocycles. The molecule has 2 aromatic heterocycles. The number of aliphatic hydroxyl groups is 1. The van der Waals surface area contributed by atoms with Crippen molar-refractivity contribution < 1.29 is 5.11 Å². The molecule has 0 amide bonds. The SMILES string of the molecule is CC(C)(O)CSc1nccn2ccnc12. The molecule has 0 saturated heterocycles. The van der Waals surface area contributed by atoms with E-state index >= 15 is 0 Å². The summed E-state index contributed by atoms with van der Waals surface area (Å²) in [5.74, 6) is 0.604. The van der Waals surface area contributed by atoms with Gasteiger partial charge in [-0.3, -0.25) is 0 Å². The molecule has 0 spiro atoms. The number of fused-ring (bicyclic) bond motifs is 1. The van der Waals surface area contributed by atoms with E-state index in [1.54, 1.807) is 26.2 Å². The maximum atomic E-state index is 9.63. The van der Waals surface area contributed by atoms with Gasteiger partial charge in [0.1, 0.15) is 5.03 Å². The minimum atomic E-state index is -0.689. The molecule has 0 aromatic carbocycles. The van der Waals surface area contributed by atoms with Crippen molar-refractivity contribution in [2.24, 2.45) is 0 Å². The molecular formula is C10H13N3OS. The first-order valence-corrected chi connectivity index (χ1v) is 5.68. The maximum absolute atomic E-state index is 9.63. The van der Waals surface area contributed by atoms with Crippen molar-refractivity contribution in [2.45, 2.75) is 24.5 Å². The van der Waals surface area contributed by atoms with Gasteiger partial charge in [-0.2, -0.15) is 0 Å². The van der Waals surface area contributed by atoms with E-state index in [9.17, 15) is 5.11 Å². The second-order valence-corrected chi connectivity index (χ2v) is 4.96. The first-order valence-electron chi connectivity index (χ1n) is 4.69. The van der Waals surface area contributed by atoms with Crippen molar-refractivity contribution in [1.82, 2.24) is 14.4 Å². The van der Waals surface area contributed by atoms with Gasteiger partial charge in [0, 0.05) is 30.5 Å². The van der Waals surface area contributed by atoms with Gasteiger partial charge in [-0.15, -0.1) is 0 Å². The van der Waals surface area contributed by atoms with Crippen LogP contribution in [0.15, 0.2) is 29.8 Å². The van der Waals surface area contributed by atoms with Crippen molar-refractivity contribution in [3.05, 3.63) is 24.8 Å². The van der Waals surface area contributed by atoms with Crippen LogP contribution in [0.2, 0.25) is 0 Å². The van der Waals surface area contributed by atoms with E-state index in [1.165, 1.54) is 11.8 Å². The van der Waals surface area contributed by atoms with Crippen LogP contribution in [0.25, 0.3) is 5.65 Å². The third-order valence-corrected chi connectivity index (χ3v) is 3.25. The standard InChI is InChI=1S/C10H13N3OS/c1-10(2,14)7-15-9-8-11-3-5-13(8)6-4-12-9/h3-6,14H,7H2,1-2H3. The summed E-state index contributed by atoms with van der Waals surface area (Å²) in [7, 11) is 0. The van der Waals surface area contributed by atoms with E-state index in [0.29, 0.717) is 5.75 Å². The highest BCUT2D eigenvalue weighted by Crippen LogP contribution is 2.23. The van der Waals surface area contributed by atoms with E-state index in [4.69, 9.17) is 0 Å². The average Bonchev–Trinajstić information content (AvgIpc) is 2.61. The van der Waals surface area contributed by atoms with Gasteiger partial charge >= 0.3 is 0 Å². The van der Waals surface area contributed by atoms with E-state index in [1.807, 2.05) is 16.8 Å². The van der Waals surface area contributed by atoms with Crippen molar-refractivity contribution in [2.75, 3.05) is 5.75 Å². The lowest BCUT2D eigenvalue weighted by Crippen LogP contribution is -2.21. The van der Waals surface area contributed by atoms with Crippen LogP contribution in [0.4, 0.5) is 0 Å². The average molecular weight is 223 g/mol. The topological polar surface area (TPSA) is 50.4 Å². The molecule has 80 valence electrons. The van der Waals surface area contributed by atoms with Gasteiger partial charge in [-0.1, -0.05) is 11.8 Å². The summed E-state index contributed by atoms with van der Waals surface area (Å²) in [6.07, 6.45) is 7.22. The number of imidazole rings is 1. The number of hydrogen-bond donors (Lipinski definition) is 1. The van der Waals surface area contributed by atoms with Gasteiger partial charge in [0.25, 0.3) is 0 Å². The lowest BCUT2D eigenvalue weighted by atomic mass is 10.2. The summed E-state index contributed by atoms with van der Waals surface area (Å²) in [5.41, 5.74) is 0.151. The van der Waals surface area contributed by atoms with Crippen LogP contribution >= 0.6 is 11.8 Å². The van der Waals surface area contributed by atoms with Crippen LogP contribution in [0.3, 0.4) is 0 Å². The number of rotatable bonds is 3. The first kappa shape index (κ1) is 10.4. The van der Waals surface area contributed by atoms with Gasteiger partial charge in [-0.05, 0) is 13.8 Å². The largest absolute Gasteiger partial charge is 0.390 e. The summed E-state index contributed by atoms with van der Waals surface area (Å²) >= 11 is 1.52. The number of hydrogen-bond acceptors (Lipinski definition) is 4. The Bertz CT molecular complexity index is 461. The predicted octanol–water partition coefficient (Wildman–Crippen LogP) is 1.59. The highest BCUT2D eigenvalue weighted by atomic mass is 32.2. The molecule has 0 aliphatic rings. The third-order valence-electron chi connectivity index (χ3n) is 1.84. The molecule has 0 bridgehead atoms. The Morgan fingerprint density at radius 3 is 2.67 bits per heavy atom. The fourth-order valence-corrected chi connectivity index (χ4v) is 2.09. The Labute approximate surface area is 92.4 Å². The maximum Gasteiger partial charge on any atom is 0.169 e. The summed E-state index contributed by atoms with van der Waals surface area (Å²) in [6.45, 7) is 3.57. The van der Waals surface area contributed by atoms with Crippen LogP contribution in [0.5, 0.6) is 0 Å². The van der Waals surface area contributed by atoms with E-state index < -0.39 is 5.60 Å². The predicted molar refractivity (Wildman–Crippen MR) is 60.0 cm³/mol. The molecule has 0 aliphatic heterocycles. The molecule has 2 aromatic rings. The molecular weight excluding hydrogens is 210 g/mol. The van der Waals surface area contributed by atoms with Crippen LogP contribution in [0.1, 0.15) is 13.8 Å². The van der Waals surface area contributed by atoms with Crippen molar-refractivity contribution in [3.8, 4) is 0 Å². The smallest absolute Gasteiger partial charge is 0.169 e. The van der Waals surface area contributed by atoms with E-state index in [0.717, 1.165) is 10.7 Å². The zero-order valence-corrected chi connectivity index (χ0v) is 9.53. The van der Waals surface area contributed by atoms with Crippen molar-refractivity contribution >= 4 is 17.4 Å². The summed E-state index contributed by atoms with van der Waals surface area (Å²) in [4.78, 5) is 8.47. The molecule has 2 heterocycles. The van der Waals surface area contributed by atoms with Crippen LogP contribution in [-0.4, -0.2) is 30.8 Å². The zero-order chi connectivity index (χ0) is 10.9. The van der Waals surface area contributed by atoms with Crippen LogP contribution < -0.4 is 0 Å². The number of thioether (sulfide) groups is 1. The fourth-order valence-electron chi connectivity index (χ4n) is 1.18. The number of aromatic nitrogens is 3. The Kier molecular flexibility index (Phi) is 2.67. The third kappa shape index (κ3) is 2.49. The molecule has 0 atom stereocenters. The Morgan fingerprint density at radius 2 is 2.00 bits per heavy atom. The molecule has 15 heavy (non-hydrogen) atoms. The summed E-state index contributed by atoms with van der Waals surface area (Å²) in [6, 6.07) is 0. The number of nitrogens with zero attached hydrogens (tertiary/aromatic N) is 3. The van der Waals surface area contributed by atoms with Gasteiger partial charge in [0.05, 0.1) is 5.60 Å². The molecule has 0 saturated carbocycles. The Balaban J connectivity index is 2.24. The summed E-state index contributed by atoms with van der Waals surface area (Å²) < 4.78 is 1.92. The van der Waals surface area contributed by atoms with Crippen molar-refractivity contribution in [1.29, 1.82) is 0 Å². The first-order chi connectivity index (χ1) is 7.06. The normalized spacial score (nSPS) is 12.2. The molecule has 0 fully saturated rings. The van der Waals surface area contributed by atoms with Crippen molar-refractivity contribution in [3.63, 3.8) is 0 Å². The highest BCUT2D eigenvalue weighted by molar-refractivity contribution is 7.99. The summed E-state index contributed by atoms with van der Waals surface area (Å²) in [5, 5.41) is 10.5. The molecule has 2 rings (SSSR count). The molecule has 5 heteroatoms. The Morgan fingerprint density at radius 1 is 1.33 bits per heavy atom. The van der Waals surface area contributed by atoms with Gasteiger partial charge in [0.15, 0.2) is 5.65 Å². The molecule has 0 unspecified atom stereocenters. The van der Waals surface area contributed by atoms with Crippen LogP contribution in [-0.2, 0) is 0 Å². The van der Waals surface area contributed by atoms with E-state index in [-0.39, 0.29) is 0 Å². The lowest BCUT2D eigenvalue weighted by Gasteiger charge is -2.15. The second kappa shape index (κ2) is 3.83. The lowest BCUT2D eigenvalue weighted by molar-refractivity contribution is 0.107. The zero-order valence-electron chi connectivity index (χ0n) is 8.71.